The summed E-state index contributed by atoms with van der Waals surface area (Å²) in [5.41, 5.74) is 0. The number of thiophene rings is 1. The fourth-order valence-electron chi connectivity index (χ4n) is 1.38. The molecule has 1 heterocycles. The number of hydrogen-bond donors (Lipinski definition) is 2. The van der Waals surface area contributed by atoms with Gasteiger partial charge < -0.3 is 10.4 Å². The topological polar surface area (TPSA) is 49.3 Å². The Morgan fingerprint density at radius 1 is 1.44 bits per heavy atom. The Morgan fingerprint density at radius 3 is 3.00 bits per heavy atom. The molecule has 2 aromatic rings. The minimum atomic E-state index is -0.312. The molecule has 0 radical (unpaired) electrons. The lowest BCUT2D eigenvalue weighted by molar-refractivity contribution is 0.0949. The first-order valence-electron chi connectivity index (χ1n) is 4.79. The number of carbonyl (C=O) groups is 1. The van der Waals surface area contributed by atoms with Crippen LogP contribution in [-0.4, -0.2) is 24.2 Å². The fourth-order valence-corrected chi connectivity index (χ4v) is 2.34. The number of halogens is 1. The molecule has 1 aromatic heterocycles. The number of benzene rings is 1. The minimum absolute atomic E-state index is 0.0920. The van der Waals surface area contributed by atoms with Crippen molar-refractivity contribution < 1.29 is 14.3 Å². The molecule has 84 valence electrons. The highest BCUT2D eigenvalue weighted by molar-refractivity contribution is 7.20. The Morgan fingerprint density at radius 2 is 2.25 bits per heavy atom. The van der Waals surface area contributed by atoms with E-state index >= 15 is 0 Å². The number of aliphatic hydroxyl groups excluding tert-OH is 1. The van der Waals surface area contributed by atoms with Gasteiger partial charge in [-0.1, -0.05) is 0 Å². The van der Waals surface area contributed by atoms with E-state index in [1.165, 1.54) is 23.5 Å². The molecular weight excluding hydrogens is 229 g/mol. The molecule has 0 fully saturated rings. The monoisotopic (exact) mass is 239 g/mol. The Kier molecular flexibility index (Phi) is 3.17. The first kappa shape index (κ1) is 11.0. The second-order valence-corrected chi connectivity index (χ2v) is 4.36. The van der Waals surface area contributed by atoms with Gasteiger partial charge in [-0.2, -0.15) is 0 Å². The molecule has 1 amide bonds. The largest absolute Gasteiger partial charge is 0.395 e. The Balaban J connectivity index is 2.28. The summed E-state index contributed by atoms with van der Waals surface area (Å²) in [6, 6.07) is 6.07. The van der Waals surface area contributed by atoms with Crippen molar-refractivity contribution in [3.8, 4) is 0 Å². The lowest BCUT2D eigenvalue weighted by atomic mass is 10.2. The number of nitrogens with one attached hydrogen (secondary N) is 1. The van der Waals surface area contributed by atoms with Crippen LogP contribution in [0.5, 0.6) is 0 Å². The van der Waals surface area contributed by atoms with Gasteiger partial charge >= 0.3 is 0 Å². The Labute approximate surface area is 95.5 Å². The first-order valence-corrected chi connectivity index (χ1v) is 5.60. The molecule has 2 rings (SSSR count). The van der Waals surface area contributed by atoms with Crippen LogP contribution in [0, 0.1) is 5.82 Å². The van der Waals surface area contributed by atoms with E-state index in [9.17, 15) is 9.18 Å². The Bertz CT molecular complexity index is 524. The fraction of sp³-hybridized carbons (Fsp3) is 0.182. The van der Waals surface area contributed by atoms with Crippen LogP contribution in [0.1, 0.15) is 9.67 Å². The summed E-state index contributed by atoms with van der Waals surface area (Å²) in [6.07, 6.45) is 0. The number of rotatable bonds is 3. The van der Waals surface area contributed by atoms with E-state index in [2.05, 4.69) is 5.32 Å². The molecular formula is C11H10FNO2S. The predicted octanol–water partition coefficient (Wildman–Crippen LogP) is 1.76. The average Bonchev–Trinajstić information content (AvgIpc) is 2.68. The van der Waals surface area contributed by atoms with Crippen LogP contribution >= 0.6 is 11.3 Å². The van der Waals surface area contributed by atoms with Crippen molar-refractivity contribution in [3.05, 3.63) is 35.0 Å². The van der Waals surface area contributed by atoms with Crippen molar-refractivity contribution in [1.82, 2.24) is 5.32 Å². The summed E-state index contributed by atoms with van der Waals surface area (Å²) in [5, 5.41) is 11.9. The van der Waals surface area contributed by atoms with Gasteiger partial charge in [0.2, 0.25) is 0 Å². The molecule has 2 N–H and O–H groups in total. The van der Waals surface area contributed by atoms with E-state index < -0.39 is 0 Å². The second kappa shape index (κ2) is 4.59. The number of hydrogen-bond acceptors (Lipinski definition) is 3. The van der Waals surface area contributed by atoms with Gasteiger partial charge in [-0.15, -0.1) is 11.3 Å². The van der Waals surface area contributed by atoms with Crippen molar-refractivity contribution in [1.29, 1.82) is 0 Å². The van der Waals surface area contributed by atoms with Crippen LogP contribution in [0.3, 0.4) is 0 Å². The van der Waals surface area contributed by atoms with Gasteiger partial charge in [0.05, 0.1) is 11.5 Å². The molecule has 3 nitrogen and oxygen atoms in total. The zero-order chi connectivity index (χ0) is 11.5. The van der Waals surface area contributed by atoms with Crippen molar-refractivity contribution in [2.24, 2.45) is 0 Å². The lowest BCUT2D eigenvalue weighted by Crippen LogP contribution is -2.25. The molecule has 0 unspecified atom stereocenters. The average molecular weight is 239 g/mol. The maximum absolute atomic E-state index is 12.9. The lowest BCUT2D eigenvalue weighted by Gasteiger charge is -1.98. The van der Waals surface area contributed by atoms with E-state index in [-0.39, 0.29) is 24.9 Å². The molecule has 0 spiro atoms. The molecule has 5 heteroatoms. The van der Waals surface area contributed by atoms with Gasteiger partial charge in [0.25, 0.3) is 5.91 Å². The first-order chi connectivity index (χ1) is 7.70. The third-order valence-corrected chi connectivity index (χ3v) is 3.21. The van der Waals surface area contributed by atoms with Crippen LogP contribution in [0.15, 0.2) is 24.3 Å². The van der Waals surface area contributed by atoms with Crippen molar-refractivity contribution in [2.45, 2.75) is 0 Å². The molecule has 0 aliphatic rings. The second-order valence-electron chi connectivity index (χ2n) is 3.27. The van der Waals surface area contributed by atoms with Crippen molar-refractivity contribution >= 4 is 27.3 Å². The molecule has 0 saturated heterocycles. The van der Waals surface area contributed by atoms with Crippen LogP contribution in [0.25, 0.3) is 10.1 Å². The van der Waals surface area contributed by atoms with Crippen molar-refractivity contribution in [2.75, 3.05) is 13.2 Å². The highest BCUT2D eigenvalue weighted by Gasteiger charge is 2.09. The third kappa shape index (κ3) is 2.20. The van der Waals surface area contributed by atoms with Crippen LogP contribution in [-0.2, 0) is 0 Å². The molecule has 0 atom stereocenters. The van der Waals surface area contributed by atoms with E-state index in [0.29, 0.717) is 4.88 Å². The van der Waals surface area contributed by atoms with E-state index in [1.54, 1.807) is 12.1 Å². The normalized spacial score (nSPS) is 10.6. The van der Waals surface area contributed by atoms with Gasteiger partial charge in [0.15, 0.2) is 0 Å². The number of fused-ring (bicyclic) bond motifs is 1. The van der Waals surface area contributed by atoms with Crippen LogP contribution in [0.4, 0.5) is 4.39 Å². The smallest absolute Gasteiger partial charge is 0.261 e. The van der Waals surface area contributed by atoms with Gasteiger partial charge in [0.1, 0.15) is 5.82 Å². The molecule has 0 saturated carbocycles. The summed E-state index contributed by atoms with van der Waals surface area (Å²) in [4.78, 5) is 12.1. The zero-order valence-corrected chi connectivity index (χ0v) is 9.18. The van der Waals surface area contributed by atoms with Gasteiger partial charge in [-0.25, -0.2) is 4.39 Å². The molecule has 16 heavy (non-hydrogen) atoms. The molecule has 1 aromatic carbocycles. The molecule has 0 aliphatic heterocycles. The quantitative estimate of drug-likeness (QED) is 0.857. The van der Waals surface area contributed by atoms with Gasteiger partial charge in [0, 0.05) is 11.2 Å². The van der Waals surface area contributed by atoms with Gasteiger partial charge in [-0.3, -0.25) is 4.79 Å². The van der Waals surface area contributed by atoms with Crippen LogP contribution in [0.2, 0.25) is 0 Å². The van der Waals surface area contributed by atoms with Gasteiger partial charge in [-0.05, 0) is 29.7 Å². The number of amides is 1. The summed E-state index contributed by atoms with van der Waals surface area (Å²) in [7, 11) is 0. The number of aliphatic hydroxyl groups is 1. The van der Waals surface area contributed by atoms with Crippen molar-refractivity contribution in [3.63, 3.8) is 0 Å². The third-order valence-electron chi connectivity index (χ3n) is 2.10. The highest BCUT2D eigenvalue weighted by atomic mass is 32.1. The predicted molar refractivity (Wildman–Crippen MR) is 61.2 cm³/mol. The molecule has 0 aliphatic carbocycles. The summed E-state index contributed by atoms with van der Waals surface area (Å²) in [6.45, 7) is 0.132. The molecule has 0 bridgehead atoms. The number of carbonyl (C=O) groups excluding carboxylic acids is 1. The van der Waals surface area contributed by atoms with E-state index in [4.69, 9.17) is 5.11 Å². The Hall–Kier alpha value is -1.46. The highest BCUT2D eigenvalue weighted by Crippen LogP contribution is 2.26. The summed E-state index contributed by atoms with van der Waals surface area (Å²) >= 11 is 1.30. The summed E-state index contributed by atoms with van der Waals surface area (Å²) < 4.78 is 13.8. The maximum Gasteiger partial charge on any atom is 0.261 e. The standard InChI is InChI=1S/C11H10FNO2S/c12-8-1-2-9-7(5-8)6-10(16-9)11(15)13-3-4-14/h1-2,5-6,14H,3-4H2,(H,13,15). The summed E-state index contributed by atoms with van der Waals surface area (Å²) in [5.74, 6) is -0.553. The SMILES string of the molecule is O=C(NCCO)c1cc2cc(F)ccc2s1. The zero-order valence-electron chi connectivity index (χ0n) is 8.37. The van der Waals surface area contributed by atoms with Crippen LogP contribution < -0.4 is 5.32 Å². The minimum Gasteiger partial charge on any atom is -0.395 e. The van der Waals surface area contributed by atoms with E-state index in [0.717, 1.165) is 10.1 Å². The maximum atomic E-state index is 12.9. The van der Waals surface area contributed by atoms with E-state index in [1.807, 2.05) is 0 Å².